The highest BCUT2D eigenvalue weighted by atomic mass is 32.2. The number of thioether (sulfide) groups is 1. The van der Waals surface area contributed by atoms with Crippen LogP contribution in [0.25, 0.3) is 5.69 Å². The average molecular weight is 480 g/mol. The number of amides is 1. The smallest absolute Gasteiger partial charge is 0.269 e. The number of non-ortho nitro benzene ring substituents is 1. The summed E-state index contributed by atoms with van der Waals surface area (Å²) in [5, 5.41) is 25.2. The van der Waals surface area contributed by atoms with Crippen molar-refractivity contribution in [3.05, 3.63) is 98.0 Å². The topological polar surface area (TPSA) is 103 Å². The number of nitro groups is 1. The summed E-state index contributed by atoms with van der Waals surface area (Å²) in [5.41, 5.74) is 3.04. The molecule has 0 fully saturated rings. The summed E-state index contributed by atoms with van der Waals surface area (Å²) in [6.45, 7) is 2.24. The molecule has 0 spiro atoms. The van der Waals surface area contributed by atoms with Gasteiger partial charge in [-0.3, -0.25) is 19.5 Å². The van der Waals surface area contributed by atoms with Crippen molar-refractivity contribution < 1.29 is 9.72 Å². The molecule has 8 nitrogen and oxygen atoms in total. The zero-order valence-corrected chi connectivity index (χ0v) is 19.4. The van der Waals surface area contributed by atoms with E-state index in [0.29, 0.717) is 28.8 Å². The number of hydrogen-bond acceptors (Lipinski definition) is 7. The van der Waals surface area contributed by atoms with E-state index in [4.69, 9.17) is 0 Å². The highest BCUT2D eigenvalue weighted by Gasteiger charge is 2.17. The van der Waals surface area contributed by atoms with E-state index in [9.17, 15) is 14.9 Å². The predicted octanol–water partition coefficient (Wildman–Crippen LogP) is 4.70. The van der Waals surface area contributed by atoms with Crippen LogP contribution in [0.3, 0.4) is 0 Å². The molecule has 0 bridgehead atoms. The highest BCUT2D eigenvalue weighted by molar-refractivity contribution is 7.98. The Morgan fingerprint density at radius 1 is 1.15 bits per heavy atom. The van der Waals surface area contributed by atoms with E-state index in [1.807, 2.05) is 41.1 Å². The molecule has 0 aliphatic heterocycles. The van der Waals surface area contributed by atoms with Gasteiger partial charge in [0, 0.05) is 28.5 Å². The monoisotopic (exact) mass is 479 g/mol. The molecule has 0 saturated carbocycles. The SMILES string of the molecule is Cc1cccc(CSc2nnc(CNC(=O)Cc3cccs3)n2-c2ccc([N+](=O)[O-])cc2)c1. The molecule has 0 aliphatic rings. The van der Waals surface area contributed by atoms with Gasteiger partial charge in [-0.05, 0) is 36.1 Å². The maximum atomic E-state index is 12.4. The van der Waals surface area contributed by atoms with E-state index in [-0.39, 0.29) is 18.1 Å². The van der Waals surface area contributed by atoms with E-state index in [1.54, 1.807) is 12.1 Å². The molecular weight excluding hydrogens is 458 g/mol. The lowest BCUT2D eigenvalue weighted by atomic mass is 10.2. The number of carbonyl (C=O) groups excluding carboxylic acids is 1. The van der Waals surface area contributed by atoms with Crippen molar-refractivity contribution in [3.8, 4) is 5.69 Å². The van der Waals surface area contributed by atoms with Crippen molar-refractivity contribution in [3.63, 3.8) is 0 Å². The van der Waals surface area contributed by atoms with Crippen molar-refractivity contribution in [2.45, 2.75) is 30.8 Å². The molecule has 0 radical (unpaired) electrons. The fraction of sp³-hybridized carbons (Fsp3) is 0.174. The summed E-state index contributed by atoms with van der Waals surface area (Å²) in [7, 11) is 0. The van der Waals surface area contributed by atoms with E-state index < -0.39 is 4.92 Å². The number of carbonyl (C=O) groups is 1. The molecule has 168 valence electrons. The van der Waals surface area contributed by atoms with Gasteiger partial charge in [-0.15, -0.1) is 21.5 Å². The zero-order valence-electron chi connectivity index (χ0n) is 17.8. The predicted molar refractivity (Wildman–Crippen MR) is 129 cm³/mol. The van der Waals surface area contributed by atoms with Crippen molar-refractivity contribution in [2.75, 3.05) is 0 Å². The molecule has 0 aliphatic carbocycles. The van der Waals surface area contributed by atoms with Crippen LogP contribution in [-0.2, 0) is 23.5 Å². The largest absolute Gasteiger partial charge is 0.348 e. The minimum Gasteiger partial charge on any atom is -0.348 e. The molecule has 33 heavy (non-hydrogen) atoms. The lowest BCUT2D eigenvalue weighted by molar-refractivity contribution is -0.384. The molecule has 10 heteroatoms. The Bertz CT molecular complexity index is 1250. The Morgan fingerprint density at radius 3 is 2.67 bits per heavy atom. The first-order chi connectivity index (χ1) is 16.0. The summed E-state index contributed by atoms with van der Waals surface area (Å²) in [6.07, 6.45) is 0.304. The minimum absolute atomic E-state index is 0.00610. The number of rotatable bonds is 9. The first-order valence-electron chi connectivity index (χ1n) is 10.2. The summed E-state index contributed by atoms with van der Waals surface area (Å²) in [4.78, 5) is 24.0. The molecule has 2 aromatic carbocycles. The fourth-order valence-electron chi connectivity index (χ4n) is 3.25. The first kappa shape index (κ1) is 22.7. The summed E-state index contributed by atoms with van der Waals surface area (Å²) >= 11 is 3.05. The molecule has 4 rings (SSSR count). The zero-order chi connectivity index (χ0) is 23.2. The van der Waals surface area contributed by atoms with Gasteiger partial charge >= 0.3 is 0 Å². The van der Waals surface area contributed by atoms with Crippen molar-refractivity contribution in [1.29, 1.82) is 0 Å². The van der Waals surface area contributed by atoms with Crippen LogP contribution in [0.5, 0.6) is 0 Å². The molecule has 0 unspecified atom stereocenters. The maximum absolute atomic E-state index is 12.4. The third kappa shape index (κ3) is 5.85. The van der Waals surface area contributed by atoms with Gasteiger partial charge in [0.2, 0.25) is 5.91 Å². The van der Waals surface area contributed by atoms with Crippen LogP contribution in [0, 0.1) is 17.0 Å². The normalized spacial score (nSPS) is 10.8. The van der Waals surface area contributed by atoms with Gasteiger partial charge < -0.3 is 5.32 Å². The molecule has 1 amide bonds. The van der Waals surface area contributed by atoms with Gasteiger partial charge in [0.15, 0.2) is 11.0 Å². The van der Waals surface area contributed by atoms with Gasteiger partial charge in [0.1, 0.15) is 0 Å². The van der Waals surface area contributed by atoms with Crippen molar-refractivity contribution in [1.82, 2.24) is 20.1 Å². The second-order valence-corrected chi connectivity index (χ2v) is 9.29. The van der Waals surface area contributed by atoms with Crippen LogP contribution >= 0.6 is 23.1 Å². The summed E-state index contributed by atoms with van der Waals surface area (Å²) in [6, 6.07) is 18.3. The third-order valence-corrected chi connectivity index (χ3v) is 6.70. The number of aromatic nitrogens is 3. The number of nitrogens with zero attached hydrogens (tertiary/aromatic N) is 4. The number of nitro benzene ring substituents is 1. The quantitative estimate of drug-likeness (QED) is 0.212. The van der Waals surface area contributed by atoms with Crippen LogP contribution in [0.1, 0.15) is 21.8 Å². The molecule has 0 saturated heterocycles. The number of nitrogens with one attached hydrogen (secondary N) is 1. The van der Waals surface area contributed by atoms with Crippen molar-refractivity contribution >= 4 is 34.7 Å². The second kappa shape index (κ2) is 10.4. The lowest BCUT2D eigenvalue weighted by Gasteiger charge is -2.11. The van der Waals surface area contributed by atoms with Gasteiger partial charge in [-0.25, -0.2) is 0 Å². The maximum Gasteiger partial charge on any atom is 0.269 e. The molecule has 1 N–H and O–H groups in total. The van der Waals surface area contributed by atoms with Crippen LogP contribution in [-0.4, -0.2) is 25.6 Å². The molecular formula is C23H21N5O3S2. The van der Waals surface area contributed by atoms with Crippen molar-refractivity contribution in [2.24, 2.45) is 0 Å². The fourth-order valence-corrected chi connectivity index (χ4v) is 4.87. The van der Waals surface area contributed by atoms with E-state index >= 15 is 0 Å². The Morgan fingerprint density at radius 2 is 1.97 bits per heavy atom. The summed E-state index contributed by atoms with van der Waals surface area (Å²) < 4.78 is 1.83. The molecule has 4 aromatic rings. The van der Waals surface area contributed by atoms with Crippen LogP contribution in [0.4, 0.5) is 5.69 Å². The molecule has 2 aromatic heterocycles. The Balaban J connectivity index is 1.55. The van der Waals surface area contributed by atoms with Gasteiger partial charge in [-0.1, -0.05) is 47.7 Å². The number of hydrogen-bond donors (Lipinski definition) is 1. The van der Waals surface area contributed by atoms with Gasteiger partial charge in [0.05, 0.1) is 17.9 Å². The summed E-state index contributed by atoms with van der Waals surface area (Å²) in [5.74, 6) is 1.14. The van der Waals surface area contributed by atoms with Crippen LogP contribution in [0.15, 0.2) is 71.2 Å². The third-order valence-electron chi connectivity index (χ3n) is 4.83. The van der Waals surface area contributed by atoms with Crippen LogP contribution < -0.4 is 5.32 Å². The second-order valence-electron chi connectivity index (χ2n) is 7.32. The van der Waals surface area contributed by atoms with Gasteiger partial charge in [0.25, 0.3) is 5.69 Å². The molecule has 2 heterocycles. The molecule has 0 atom stereocenters. The lowest BCUT2D eigenvalue weighted by Crippen LogP contribution is -2.26. The number of aryl methyl sites for hydroxylation is 1. The van der Waals surface area contributed by atoms with E-state index in [0.717, 1.165) is 10.4 Å². The van der Waals surface area contributed by atoms with E-state index in [2.05, 4.69) is 27.6 Å². The van der Waals surface area contributed by atoms with Crippen LogP contribution in [0.2, 0.25) is 0 Å². The number of benzene rings is 2. The average Bonchev–Trinajstić information content (AvgIpc) is 3.46. The van der Waals surface area contributed by atoms with E-state index in [1.165, 1.54) is 40.8 Å². The Hall–Kier alpha value is -3.50. The van der Waals surface area contributed by atoms with Gasteiger partial charge in [-0.2, -0.15) is 0 Å². The standard InChI is InChI=1S/C23H21N5O3S2/c1-16-4-2-5-17(12-16)15-33-23-26-25-21(14-24-22(29)13-20-6-3-11-32-20)27(23)18-7-9-19(10-8-18)28(30)31/h2-12H,13-15H2,1H3,(H,24,29). The Kier molecular flexibility index (Phi) is 7.16. The highest BCUT2D eigenvalue weighted by Crippen LogP contribution is 2.26. The number of thiophene rings is 1. The first-order valence-corrected chi connectivity index (χ1v) is 12.0. The Labute approximate surface area is 198 Å². The minimum atomic E-state index is -0.435.